The van der Waals surface area contributed by atoms with Gasteiger partial charge in [0, 0.05) is 12.1 Å². The summed E-state index contributed by atoms with van der Waals surface area (Å²) in [6, 6.07) is 9.76. The van der Waals surface area contributed by atoms with Crippen molar-refractivity contribution in [2.75, 3.05) is 7.11 Å². The van der Waals surface area contributed by atoms with Crippen LogP contribution in [0.25, 0.3) is 22.4 Å². The van der Waals surface area contributed by atoms with E-state index >= 15 is 0 Å². The number of imidazole rings is 1. The Bertz CT molecular complexity index is 750. The van der Waals surface area contributed by atoms with Crippen LogP contribution >= 0.6 is 0 Å². The lowest BCUT2D eigenvalue weighted by atomic mass is 10.2. The van der Waals surface area contributed by atoms with Crippen LogP contribution in [-0.2, 0) is 0 Å². The molecule has 0 saturated heterocycles. The van der Waals surface area contributed by atoms with Crippen molar-refractivity contribution in [2.45, 2.75) is 0 Å². The fourth-order valence-corrected chi connectivity index (χ4v) is 2.00. The van der Waals surface area contributed by atoms with Crippen molar-refractivity contribution in [3.8, 4) is 28.6 Å². The molecule has 0 aliphatic carbocycles. The fourth-order valence-electron chi connectivity index (χ4n) is 2.00. The summed E-state index contributed by atoms with van der Waals surface area (Å²) in [5.74, 6) is 1.47. The highest BCUT2D eigenvalue weighted by atomic mass is 16.5. The van der Waals surface area contributed by atoms with Crippen molar-refractivity contribution in [2.24, 2.45) is 0 Å². The summed E-state index contributed by atoms with van der Waals surface area (Å²) in [6.07, 6.45) is 0. The molecule has 0 aliphatic rings. The summed E-state index contributed by atoms with van der Waals surface area (Å²) in [6.45, 7) is 0. The molecular weight excluding hydrogens is 244 g/mol. The van der Waals surface area contributed by atoms with Gasteiger partial charge in [0.25, 0.3) is 0 Å². The SMILES string of the molecule is COc1cc(O)ccc1-c1nc2ccc(O)cc2[nH]1. The second-order valence-corrected chi connectivity index (χ2v) is 4.17. The van der Waals surface area contributed by atoms with Gasteiger partial charge in [-0.3, -0.25) is 0 Å². The minimum absolute atomic E-state index is 0.134. The number of H-pyrrole nitrogens is 1. The van der Waals surface area contributed by atoms with E-state index in [0.717, 1.165) is 16.6 Å². The third kappa shape index (κ3) is 1.95. The number of aromatic nitrogens is 2. The van der Waals surface area contributed by atoms with Crippen LogP contribution in [0, 0.1) is 0 Å². The second-order valence-electron chi connectivity index (χ2n) is 4.17. The summed E-state index contributed by atoms with van der Waals surface area (Å²) in [7, 11) is 1.53. The first-order chi connectivity index (χ1) is 9.17. The van der Waals surface area contributed by atoms with E-state index in [0.29, 0.717) is 11.6 Å². The lowest BCUT2D eigenvalue weighted by molar-refractivity contribution is 0.409. The number of nitrogens with zero attached hydrogens (tertiary/aromatic N) is 1. The van der Waals surface area contributed by atoms with Gasteiger partial charge in [0.2, 0.25) is 0 Å². The van der Waals surface area contributed by atoms with Crippen molar-refractivity contribution in [1.29, 1.82) is 0 Å². The van der Waals surface area contributed by atoms with Crippen molar-refractivity contribution in [3.63, 3.8) is 0 Å². The molecule has 3 N–H and O–H groups in total. The molecule has 3 aromatic rings. The molecule has 0 atom stereocenters. The zero-order valence-electron chi connectivity index (χ0n) is 10.2. The van der Waals surface area contributed by atoms with Crippen molar-refractivity contribution in [1.82, 2.24) is 9.97 Å². The van der Waals surface area contributed by atoms with Crippen LogP contribution in [0.1, 0.15) is 0 Å². The Morgan fingerprint density at radius 1 is 1.05 bits per heavy atom. The van der Waals surface area contributed by atoms with Gasteiger partial charge in [-0.25, -0.2) is 4.98 Å². The summed E-state index contributed by atoms with van der Waals surface area (Å²) < 4.78 is 5.23. The Hall–Kier alpha value is -2.69. The molecule has 0 fully saturated rings. The highest BCUT2D eigenvalue weighted by Crippen LogP contribution is 2.32. The first-order valence-electron chi connectivity index (χ1n) is 5.73. The van der Waals surface area contributed by atoms with E-state index in [4.69, 9.17) is 4.74 Å². The Labute approximate surface area is 109 Å². The quantitative estimate of drug-likeness (QED) is 0.658. The van der Waals surface area contributed by atoms with Crippen LogP contribution in [0.4, 0.5) is 0 Å². The van der Waals surface area contributed by atoms with Gasteiger partial charge in [-0.1, -0.05) is 0 Å². The molecule has 0 aliphatic heterocycles. The highest BCUT2D eigenvalue weighted by Gasteiger charge is 2.11. The molecule has 19 heavy (non-hydrogen) atoms. The number of aromatic amines is 1. The van der Waals surface area contributed by atoms with Crippen LogP contribution in [0.3, 0.4) is 0 Å². The standard InChI is InChI=1S/C14H12N2O3/c1-19-13-7-9(18)2-4-10(13)14-15-11-5-3-8(17)6-12(11)16-14/h2-7,17-18H,1H3,(H,15,16). The van der Waals surface area contributed by atoms with Crippen LogP contribution in [0.2, 0.25) is 0 Å². The van der Waals surface area contributed by atoms with E-state index in [2.05, 4.69) is 9.97 Å². The van der Waals surface area contributed by atoms with E-state index in [9.17, 15) is 10.2 Å². The third-order valence-corrected chi connectivity index (χ3v) is 2.91. The maximum Gasteiger partial charge on any atom is 0.142 e. The molecule has 0 bridgehead atoms. The lowest BCUT2D eigenvalue weighted by Crippen LogP contribution is -1.88. The molecule has 0 unspecified atom stereocenters. The molecule has 1 heterocycles. The van der Waals surface area contributed by atoms with Crippen molar-refractivity contribution >= 4 is 11.0 Å². The van der Waals surface area contributed by atoms with Crippen LogP contribution < -0.4 is 4.74 Å². The van der Waals surface area contributed by atoms with Gasteiger partial charge in [0.05, 0.1) is 23.7 Å². The van der Waals surface area contributed by atoms with Crippen molar-refractivity contribution in [3.05, 3.63) is 36.4 Å². The van der Waals surface area contributed by atoms with Gasteiger partial charge in [0.15, 0.2) is 0 Å². The second kappa shape index (κ2) is 4.20. The maximum absolute atomic E-state index is 9.45. The summed E-state index contributed by atoms with van der Waals surface area (Å²) in [4.78, 5) is 7.55. The minimum atomic E-state index is 0.134. The predicted octanol–water partition coefficient (Wildman–Crippen LogP) is 2.65. The van der Waals surface area contributed by atoms with E-state index < -0.39 is 0 Å². The monoisotopic (exact) mass is 256 g/mol. The van der Waals surface area contributed by atoms with Crippen LogP contribution in [-0.4, -0.2) is 27.3 Å². The molecule has 0 radical (unpaired) electrons. The van der Waals surface area contributed by atoms with Crippen LogP contribution in [0.15, 0.2) is 36.4 Å². The zero-order valence-corrected chi connectivity index (χ0v) is 10.2. The summed E-state index contributed by atoms with van der Waals surface area (Å²) >= 11 is 0. The average Bonchev–Trinajstić information content (AvgIpc) is 2.81. The largest absolute Gasteiger partial charge is 0.508 e. The summed E-state index contributed by atoms with van der Waals surface area (Å²) in [5, 5.41) is 18.9. The molecule has 5 nitrogen and oxygen atoms in total. The molecule has 2 aromatic carbocycles. The number of aromatic hydroxyl groups is 2. The first kappa shape index (κ1) is 11.4. The normalized spacial score (nSPS) is 10.8. The Morgan fingerprint density at radius 2 is 1.79 bits per heavy atom. The number of phenols is 2. The van der Waals surface area contributed by atoms with E-state index in [1.807, 2.05) is 0 Å². The lowest BCUT2D eigenvalue weighted by Gasteiger charge is -2.06. The van der Waals surface area contributed by atoms with Gasteiger partial charge in [-0.2, -0.15) is 0 Å². The van der Waals surface area contributed by atoms with E-state index in [1.54, 1.807) is 30.3 Å². The number of hydrogen-bond donors (Lipinski definition) is 3. The molecule has 1 aromatic heterocycles. The average molecular weight is 256 g/mol. The molecule has 96 valence electrons. The number of nitrogens with one attached hydrogen (secondary N) is 1. The van der Waals surface area contributed by atoms with Gasteiger partial charge in [0.1, 0.15) is 23.1 Å². The predicted molar refractivity (Wildman–Crippen MR) is 71.4 cm³/mol. The Kier molecular flexibility index (Phi) is 2.52. The molecule has 0 spiro atoms. The fraction of sp³-hybridized carbons (Fsp3) is 0.0714. The number of ether oxygens (including phenoxy) is 1. The van der Waals surface area contributed by atoms with Gasteiger partial charge in [-0.05, 0) is 24.3 Å². The zero-order chi connectivity index (χ0) is 13.4. The number of methoxy groups -OCH3 is 1. The number of fused-ring (bicyclic) bond motifs is 1. The minimum Gasteiger partial charge on any atom is -0.508 e. The van der Waals surface area contributed by atoms with Gasteiger partial charge < -0.3 is 19.9 Å². The highest BCUT2D eigenvalue weighted by molar-refractivity contribution is 5.82. The van der Waals surface area contributed by atoms with E-state index in [1.165, 1.54) is 13.2 Å². The first-order valence-corrected chi connectivity index (χ1v) is 5.73. The van der Waals surface area contributed by atoms with Gasteiger partial charge in [-0.15, -0.1) is 0 Å². The Morgan fingerprint density at radius 3 is 2.58 bits per heavy atom. The topological polar surface area (TPSA) is 78.4 Å². The molecule has 0 amide bonds. The Balaban J connectivity index is 2.18. The van der Waals surface area contributed by atoms with Crippen molar-refractivity contribution < 1.29 is 14.9 Å². The molecule has 0 saturated carbocycles. The van der Waals surface area contributed by atoms with Crippen LogP contribution in [0.5, 0.6) is 17.2 Å². The molecule has 3 rings (SSSR count). The van der Waals surface area contributed by atoms with E-state index in [-0.39, 0.29) is 11.5 Å². The number of phenolic OH excluding ortho intramolecular Hbond substituents is 2. The third-order valence-electron chi connectivity index (χ3n) is 2.91. The number of hydrogen-bond acceptors (Lipinski definition) is 4. The maximum atomic E-state index is 9.45. The molecule has 5 heteroatoms. The number of rotatable bonds is 2. The molecular formula is C14H12N2O3. The summed E-state index contributed by atoms with van der Waals surface area (Å²) in [5.41, 5.74) is 2.24. The van der Waals surface area contributed by atoms with Gasteiger partial charge >= 0.3 is 0 Å². The smallest absolute Gasteiger partial charge is 0.142 e. The number of benzene rings is 2.